The zero-order valence-corrected chi connectivity index (χ0v) is 10.7. The number of amides is 2. The Kier molecular flexibility index (Phi) is 3.69. The van der Waals surface area contributed by atoms with Crippen molar-refractivity contribution in [3.8, 4) is 11.5 Å². The summed E-state index contributed by atoms with van der Waals surface area (Å²) in [5.74, 6) is -0.175. The molecule has 1 aliphatic heterocycles. The fourth-order valence-electron chi connectivity index (χ4n) is 1.72. The van der Waals surface area contributed by atoms with Crippen molar-refractivity contribution in [1.29, 1.82) is 0 Å². The number of hydrogen-bond donors (Lipinski definition) is 2. The Morgan fingerprint density at radius 1 is 1.33 bits per heavy atom. The molecule has 0 aliphatic carbocycles. The molecule has 0 saturated carbocycles. The summed E-state index contributed by atoms with van der Waals surface area (Å²) in [5, 5.41) is 19.3. The Labute approximate surface area is 117 Å². The van der Waals surface area contributed by atoms with Crippen molar-refractivity contribution in [2.45, 2.75) is 12.4 Å². The van der Waals surface area contributed by atoms with Gasteiger partial charge in [-0.2, -0.15) is 13.2 Å². The van der Waals surface area contributed by atoms with Crippen LogP contribution in [0.15, 0.2) is 36.0 Å². The van der Waals surface area contributed by atoms with Gasteiger partial charge in [-0.25, -0.2) is 4.79 Å². The molecule has 0 spiro atoms. The van der Waals surface area contributed by atoms with Crippen LogP contribution in [0.25, 0.3) is 0 Å². The highest BCUT2D eigenvalue weighted by Crippen LogP contribution is 2.32. The Morgan fingerprint density at radius 2 is 2.00 bits per heavy atom. The molecular formula is C12H11F3N2O4. The molecule has 1 aromatic carbocycles. The number of benzene rings is 1. The van der Waals surface area contributed by atoms with Crippen LogP contribution in [0.1, 0.15) is 0 Å². The molecule has 21 heavy (non-hydrogen) atoms. The zero-order valence-electron chi connectivity index (χ0n) is 10.7. The van der Waals surface area contributed by atoms with Gasteiger partial charge in [-0.15, -0.1) is 5.06 Å². The van der Waals surface area contributed by atoms with Crippen LogP contribution in [0.2, 0.25) is 0 Å². The third-order valence-corrected chi connectivity index (χ3v) is 2.70. The number of carbonyl (C=O) groups is 1. The van der Waals surface area contributed by atoms with Crippen molar-refractivity contribution in [2.75, 3.05) is 7.05 Å². The highest BCUT2D eigenvalue weighted by molar-refractivity contribution is 5.77. The van der Waals surface area contributed by atoms with E-state index in [1.54, 1.807) is 0 Å². The van der Waals surface area contributed by atoms with E-state index in [9.17, 15) is 28.2 Å². The molecule has 0 aromatic heterocycles. The lowest BCUT2D eigenvalue weighted by atomic mass is 10.3. The number of nitrogens with zero attached hydrogens (tertiary/aromatic N) is 2. The topological polar surface area (TPSA) is 73.2 Å². The number of hydroxylamine groups is 2. The van der Waals surface area contributed by atoms with Gasteiger partial charge in [0.25, 0.3) is 0 Å². The van der Waals surface area contributed by atoms with Crippen LogP contribution in [-0.4, -0.2) is 45.7 Å². The smallest absolute Gasteiger partial charge is 0.431 e. The van der Waals surface area contributed by atoms with E-state index in [1.165, 1.54) is 18.2 Å². The molecule has 1 unspecified atom stereocenters. The minimum atomic E-state index is -4.78. The number of aromatic hydroxyl groups is 1. The first-order chi connectivity index (χ1) is 9.70. The molecule has 1 aliphatic rings. The van der Waals surface area contributed by atoms with Crippen LogP contribution in [0, 0.1) is 0 Å². The minimum absolute atomic E-state index is 0.0142. The summed E-state index contributed by atoms with van der Waals surface area (Å²) in [6, 6.07) is 4.06. The fraction of sp³-hybridized carbons (Fsp3) is 0.250. The summed E-state index contributed by atoms with van der Waals surface area (Å²) in [5.41, 5.74) is -1.28. The second-order valence-corrected chi connectivity index (χ2v) is 4.22. The highest BCUT2D eigenvalue weighted by Gasteiger charge is 2.45. The largest absolute Gasteiger partial charge is 0.508 e. The molecule has 9 heteroatoms. The SMILES string of the molecule is CN1C(=O)N(Oc2cccc(O)c2)C(O)C=C1C(F)(F)F. The number of halogens is 3. The standard InChI is InChI=1S/C12H11F3N2O4/c1-16-9(12(13,14)15)6-10(19)17(11(16)20)21-8-4-2-3-7(18)5-8/h2-6,10,18-19H,1H3. The number of allylic oxidation sites excluding steroid dienone is 1. The molecule has 2 N–H and O–H groups in total. The number of phenols is 1. The lowest BCUT2D eigenvalue weighted by molar-refractivity contribution is -0.145. The van der Waals surface area contributed by atoms with E-state index < -0.39 is 24.1 Å². The molecule has 1 heterocycles. The van der Waals surface area contributed by atoms with Crippen molar-refractivity contribution < 1.29 is 33.0 Å². The summed E-state index contributed by atoms with van der Waals surface area (Å²) < 4.78 is 38.0. The molecule has 1 aromatic rings. The van der Waals surface area contributed by atoms with E-state index in [2.05, 4.69) is 0 Å². The maximum atomic E-state index is 12.7. The number of phenolic OH excluding ortho intramolecular Hbond substituents is 1. The molecule has 6 nitrogen and oxygen atoms in total. The van der Waals surface area contributed by atoms with Gasteiger partial charge in [0.2, 0.25) is 0 Å². The average molecular weight is 304 g/mol. The van der Waals surface area contributed by atoms with Crippen LogP contribution >= 0.6 is 0 Å². The quantitative estimate of drug-likeness (QED) is 0.874. The van der Waals surface area contributed by atoms with Gasteiger partial charge < -0.3 is 15.1 Å². The third-order valence-electron chi connectivity index (χ3n) is 2.70. The van der Waals surface area contributed by atoms with Crippen molar-refractivity contribution in [1.82, 2.24) is 9.96 Å². The van der Waals surface area contributed by atoms with E-state index in [-0.39, 0.29) is 11.5 Å². The number of alkyl halides is 3. The first-order valence-electron chi connectivity index (χ1n) is 5.71. The predicted octanol–water partition coefficient (Wildman–Crippen LogP) is 1.82. The molecular weight excluding hydrogens is 293 g/mol. The van der Waals surface area contributed by atoms with Crippen LogP contribution in [0.4, 0.5) is 18.0 Å². The van der Waals surface area contributed by atoms with Crippen LogP contribution < -0.4 is 4.84 Å². The molecule has 0 radical (unpaired) electrons. The molecule has 0 bridgehead atoms. The average Bonchev–Trinajstić information content (AvgIpc) is 2.37. The minimum Gasteiger partial charge on any atom is -0.508 e. The van der Waals surface area contributed by atoms with Gasteiger partial charge >= 0.3 is 12.2 Å². The number of hydrogen-bond acceptors (Lipinski definition) is 4. The number of rotatable bonds is 2. The lowest BCUT2D eigenvalue weighted by Gasteiger charge is -2.35. The van der Waals surface area contributed by atoms with Gasteiger partial charge in [0.1, 0.15) is 11.4 Å². The van der Waals surface area contributed by atoms with Gasteiger partial charge in [-0.3, -0.25) is 4.90 Å². The van der Waals surface area contributed by atoms with E-state index in [0.29, 0.717) is 16.0 Å². The Hall–Kier alpha value is -2.42. The number of aliphatic hydroxyl groups excluding tert-OH is 1. The second-order valence-electron chi connectivity index (χ2n) is 4.22. The summed E-state index contributed by atoms with van der Waals surface area (Å²) in [6.45, 7) is 0. The van der Waals surface area contributed by atoms with Gasteiger partial charge in [-0.05, 0) is 18.2 Å². The first-order valence-corrected chi connectivity index (χ1v) is 5.71. The molecule has 1 atom stereocenters. The molecule has 0 saturated heterocycles. The Bertz CT molecular complexity index is 588. The van der Waals surface area contributed by atoms with Gasteiger partial charge in [0, 0.05) is 13.1 Å². The van der Waals surface area contributed by atoms with E-state index in [4.69, 9.17) is 4.84 Å². The normalized spacial score (nSPS) is 19.6. The molecule has 0 fully saturated rings. The maximum Gasteiger partial charge on any atom is 0.431 e. The van der Waals surface area contributed by atoms with Gasteiger partial charge in [0.05, 0.1) is 0 Å². The third kappa shape index (κ3) is 3.02. The highest BCUT2D eigenvalue weighted by atomic mass is 19.4. The summed E-state index contributed by atoms with van der Waals surface area (Å²) >= 11 is 0. The van der Waals surface area contributed by atoms with Gasteiger partial charge in [-0.1, -0.05) is 6.07 Å². The van der Waals surface area contributed by atoms with Crippen LogP contribution in [0.3, 0.4) is 0 Å². The summed E-state index contributed by atoms with van der Waals surface area (Å²) in [6.07, 6.45) is -6.24. The fourth-order valence-corrected chi connectivity index (χ4v) is 1.72. The van der Waals surface area contributed by atoms with Crippen molar-refractivity contribution in [2.24, 2.45) is 0 Å². The summed E-state index contributed by atoms with van der Waals surface area (Å²) in [4.78, 5) is 17.2. The van der Waals surface area contributed by atoms with Crippen LogP contribution in [0.5, 0.6) is 11.5 Å². The lowest BCUT2D eigenvalue weighted by Crippen LogP contribution is -2.53. The number of aliphatic hydroxyl groups is 1. The molecule has 2 rings (SSSR count). The van der Waals surface area contributed by atoms with Gasteiger partial charge in [0.15, 0.2) is 12.0 Å². The Morgan fingerprint density at radius 3 is 2.57 bits per heavy atom. The first kappa shape index (κ1) is 15.0. The zero-order chi connectivity index (χ0) is 15.8. The number of carbonyl (C=O) groups excluding carboxylic acids is 1. The van der Waals surface area contributed by atoms with E-state index in [1.807, 2.05) is 0 Å². The monoisotopic (exact) mass is 304 g/mol. The maximum absolute atomic E-state index is 12.7. The van der Waals surface area contributed by atoms with Crippen molar-refractivity contribution >= 4 is 6.03 Å². The predicted molar refractivity (Wildman–Crippen MR) is 63.9 cm³/mol. The summed E-state index contributed by atoms with van der Waals surface area (Å²) in [7, 11) is 0.909. The van der Waals surface area contributed by atoms with E-state index in [0.717, 1.165) is 13.1 Å². The van der Waals surface area contributed by atoms with E-state index >= 15 is 0 Å². The second kappa shape index (κ2) is 5.17. The number of urea groups is 1. The molecule has 2 amide bonds. The van der Waals surface area contributed by atoms with Crippen LogP contribution in [-0.2, 0) is 0 Å². The van der Waals surface area contributed by atoms with Crippen molar-refractivity contribution in [3.63, 3.8) is 0 Å². The Balaban J connectivity index is 2.27. The van der Waals surface area contributed by atoms with Crippen molar-refractivity contribution in [3.05, 3.63) is 36.0 Å². The molecule has 114 valence electrons.